The smallest absolute Gasteiger partial charge is 0.229 e. The number of rotatable bonds is 11. The van der Waals surface area contributed by atoms with E-state index in [2.05, 4.69) is 4.72 Å². The summed E-state index contributed by atoms with van der Waals surface area (Å²) in [6, 6.07) is 8.05. The molecule has 0 fully saturated rings. The normalized spacial score (nSPS) is 11.3. The van der Waals surface area contributed by atoms with E-state index in [9.17, 15) is 18.3 Å². The molecular formula is C24H29NO7S. The van der Waals surface area contributed by atoms with Gasteiger partial charge in [-0.15, -0.1) is 0 Å². The Morgan fingerprint density at radius 2 is 1.79 bits per heavy atom. The van der Waals surface area contributed by atoms with E-state index in [-0.39, 0.29) is 23.9 Å². The van der Waals surface area contributed by atoms with Gasteiger partial charge in [-0.05, 0) is 44.0 Å². The lowest BCUT2D eigenvalue weighted by atomic mass is 9.99. The second kappa shape index (κ2) is 11.5. The number of hydrogen-bond acceptors (Lipinski definition) is 7. The number of carbonyl (C=O) groups excluding carboxylic acids is 1. The number of phenols is 1. The van der Waals surface area contributed by atoms with Gasteiger partial charge in [0.05, 0.1) is 13.4 Å². The zero-order valence-electron chi connectivity index (χ0n) is 19.3. The van der Waals surface area contributed by atoms with Crippen molar-refractivity contribution in [2.45, 2.75) is 20.3 Å². The molecule has 0 saturated carbocycles. The average Bonchev–Trinajstić information content (AvgIpc) is 2.74. The van der Waals surface area contributed by atoms with Crippen LogP contribution in [0.15, 0.2) is 48.1 Å². The van der Waals surface area contributed by atoms with Crippen molar-refractivity contribution in [2.75, 3.05) is 32.0 Å². The third-order valence-corrected chi connectivity index (χ3v) is 5.09. The van der Waals surface area contributed by atoms with Crippen molar-refractivity contribution < 1.29 is 32.5 Å². The molecule has 0 aliphatic carbocycles. The molecule has 0 unspecified atom stereocenters. The van der Waals surface area contributed by atoms with Crippen LogP contribution in [0.1, 0.15) is 35.3 Å². The van der Waals surface area contributed by atoms with Gasteiger partial charge >= 0.3 is 0 Å². The minimum Gasteiger partial charge on any atom is -0.507 e. The molecule has 2 aromatic carbocycles. The number of benzene rings is 2. The first-order valence-corrected chi connectivity index (χ1v) is 11.9. The molecule has 0 radical (unpaired) electrons. The average molecular weight is 476 g/mol. The number of methoxy groups -OCH3 is 2. The molecule has 2 N–H and O–H groups in total. The van der Waals surface area contributed by atoms with Gasteiger partial charge in [0.25, 0.3) is 0 Å². The Labute approximate surface area is 194 Å². The van der Waals surface area contributed by atoms with Gasteiger partial charge in [0.2, 0.25) is 10.0 Å². The van der Waals surface area contributed by atoms with Gasteiger partial charge in [-0.2, -0.15) is 0 Å². The van der Waals surface area contributed by atoms with Crippen molar-refractivity contribution >= 4 is 27.6 Å². The lowest BCUT2D eigenvalue weighted by Gasteiger charge is -2.17. The van der Waals surface area contributed by atoms with Gasteiger partial charge in [-0.3, -0.25) is 9.52 Å². The number of anilines is 1. The maximum absolute atomic E-state index is 13.0. The van der Waals surface area contributed by atoms with E-state index in [1.807, 2.05) is 19.9 Å². The number of aromatic hydroxyl groups is 1. The third kappa shape index (κ3) is 7.65. The summed E-state index contributed by atoms with van der Waals surface area (Å²) in [5.74, 6) is -0.153. The third-order valence-electron chi connectivity index (χ3n) is 4.48. The van der Waals surface area contributed by atoms with E-state index in [1.165, 1.54) is 20.3 Å². The van der Waals surface area contributed by atoms with Crippen LogP contribution in [0, 0.1) is 0 Å². The van der Waals surface area contributed by atoms with Crippen LogP contribution >= 0.6 is 0 Å². The number of sulfonamides is 1. The van der Waals surface area contributed by atoms with Gasteiger partial charge < -0.3 is 19.3 Å². The van der Waals surface area contributed by atoms with Crippen molar-refractivity contribution in [3.8, 4) is 17.2 Å². The molecule has 0 amide bonds. The van der Waals surface area contributed by atoms with Crippen LogP contribution in [0.5, 0.6) is 17.2 Å². The Hall–Kier alpha value is -3.30. The highest BCUT2D eigenvalue weighted by Crippen LogP contribution is 2.40. The zero-order valence-corrected chi connectivity index (χ0v) is 20.2. The lowest BCUT2D eigenvalue weighted by Crippen LogP contribution is -2.09. The minimum atomic E-state index is -3.37. The first-order valence-electron chi connectivity index (χ1n) is 10.0. The van der Waals surface area contributed by atoms with Gasteiger partial charge in [0, 0.05) is 24.4 Å². The van der Waals surface area contributed by atoms with Crippen LogP contribution in [-0.4, -0.2) is 46.6 Å². The highest BCUT2D eigenvalue weighted by Gasteiger charge is 2.23. The molecule has 0 aromatic heterocycles. The number of ketones is 1. The number of hydrogen-bond donors (Lipinski definition) is 2. The van der Waals surface area contributed by atoms with Crippen molar-refractivity contribution in [1.29, 1.82) is 0 Å². The fourth-order valence-electron chi connectivity index (χ4n) is 2.95. The molecule has 9 heteroatoms. The summed E-state index contributed by atoms with van der Waals surface area (Å²) in [6.07, 6.45) is 6.22. The first kappa shape index (κ1) is 26.0. The number of nitrogens with one attached hydrogen (secondary N) is 1. The molecule has 0 aliphatic rings. The Bertz CT molecular complexity index is 1150. The van der Waals surface area contributed by atoms with Gasteiger partial charge in [-0.1, -0.05) is 29.9 Å². The second-order valence-corrected chi connectivity index (χ2v) is 9.26. The van der Waals surface area contributed by atoms with Gasteiger partial charge in [0.15, 0.2) is 12.6 Å². The summed E-state index contributed by atoms with van der Waals surface area (Å²) in [6.45, 7) is 3.84. The molecule has 178 valence electrons. The molecule has 0 saturated heterocycles. The topological polar surface area (TPSA) is 111 Å². The lowest BCUT2D eigenvalue weighted by molar-refractivity contribution is 0.0502. The first-order chi connectivity index (χ1) is 15.6. The number of allylic oxidation sites excluding steroid dienone is 3. The maximum Gasteiger partial charge on any atom is 0.229 e. The van der Waals surface area contributed by atoms with E-state index in [0.717, 1.165) is 11.8 Å². The second-order valence-electron chi connectivity index (χ2n) is 7.51. The molecule has 33 heavy (non-hydrogen) atoms. The summed E-state index contributed by atoms with van der Waals surface area (Å²) in [7, 11) is -0.487. The SMILES string of the molecule is COCOc1cc(OC)c(C(=O)/C=C/c2ccc(NS(C)(=O)=O)cc2)c(O)c1CC=C(C)C. The summed E-state index contributed by atoms with van der Waals surface area (Å²) >= 11 is 0. The van der Waals surface area contributed by atoms with Crippen molar-refractivity contribution in [3.63, 3.8) is 0 Å². The number of phenolic OH excluding ortho intramolecular Hbond substituents is 1. The quantitative estimate of drug-likeness (QED) is 0.217. The summed E-state index contributed by atoms with van der Waals surface area (Å²) < 4.78 is 40.9. The summed E-state index contributed by atoms with van der Waals surface area (Å²) in [4.78, 5) is 13.0. The van der Waals surface area contributed by atoms with E-state index in [1.54, 1.807) is 36.4 Å². The van der Waals surface area contributed by atoms with E-state index in [4.69, 9.17) is 14.2 Å². The fraction of sp³-hybridized carbons (Fsp3) is 0.292. The largest absolute Gasteiger partial charge is 0.507 e. The van der Waals surface area contributed by atoms with Crippen LogP contribution in [0.2, 0.25) is 0 Å². The highest BCUT2D eigenvalue weighted by atomic mass is 32.2. The van der Waals surface area contributed by atoms with Crippen LogP contribution in [0.25, 0.3) is 6.08 Å². The highest BCUT2D eigenvalue weighted by molar-refractivity contribution is 7.92. The van der Waals surface area contributed by atoms with Gasteiger partial charge in [-0.25, -0.2) is 8.42 Å². The zero-order chi connectivity index (χ0) is 24.6. The molecule has 0 heterocycles. The van der Waals surface area contributed by atoms with Crippen molar-refractivity contribution in [2.24, 2.45) is 0 Å². The molecule has 8 nitrogen and oxygen atoms in total. The molecule has 2 rings (SSSR count). The number of ether oxygens (including phenoxy) is 3. The predicted octanol–water partition coefficient (Wildman–Crippen LogP) is 4.16. The summed E-state index contributed by atoms with van der Waals surface area (Å²) in [5.41, 5.74) is 2.60. The maximum atomic E-state index is 13.0. The van der Waals surface area contributed by atoms with E-state index in [0.29, 0.717) is 29.0 Å². The molecule has 0 spiro atoms. The van der Waals surface area contributed by atoms with Crippen LogP contribution in [0.3, 0.4) is 0 Å². The Morgan fingerprint density at radius 1 is 1.12 bits per heavy atom. The number of carbonyl (C=O) groups is 1. The Balaban J connectivity index is 2.39. The Kier molecular flexibility index (Phi) is 9.07. The molecule has 0 atom stereocenters. The monoisotopic (exact) mass is 475 g/mol. The van der Waals surface area contributed by atoms with Crippen LogP contribution < -0.4 is 14.2 Å². The van der Waals surface area contributed by atoms with Crippen LogP contribution in [0.4, 0.5) is 5.69 Å². The molecule has 2 aromatic rings. The molecule has 0 bridgehead atoms. The van der Waals surface area contributed by atoms with Crippen LogP contribution in [-0.2, 0) is 21.2 Å². The van der Waals surface area contributed by atoms with E-state index >= 15 is 0 Å². The standard InChI is InChI=1S/C24H29NO7S/c1-16(2)6-12-19-21(32-15-30-3)14-22(31-4)23(24(19)27)20(26)13-9-17-7-10-18(11-8-17)25-33(5,28)29/h6-11,13-14,25,27H,12,15H2,1-5H3/b13-9+. The Morgan fingerprint density at radius 3 is 2.33 bits per heavy atom. The molecule has 0 aliphatic heterocycles. The fourth-order valence-corrected chi connectivity index (χ4v) is 3.51. The van der Waals surface area contributed by atoms with E-state index < -0.39 is 15.8 Å². The minimum absolute atomic E-state index is 0.0195. The van der Waals surface area contributed by atoms with Crippen molar-refractivity contribution in [3.05, 3.63) is 64.7 Å². The molecular weight excluding hydrogens is 446 g/mol. The van der Waals surface area contributed by atoms with Gasteiger partial charge in [0.1, 0.15) is 22.8 Å². The van der Waals surface area contributed by atoms with Crippen molar-refractivity contribution in [1.82, 2.24) is 0 Å². The summed E-state index contributed by atoms with van der Waals surface area (Å²) in [5, 5.41) is 11.0. The predicted molar refractivity (Wildman–Crippen MR) is 129 cm³/mol.